The van der Waals surface area contributed by atoms with E-state index in [9.17, 15) is 26.3 Å². The first kappa shape index (κ1) is 33.8. The normalized spacial score (nSPS) is 15.4. The number of halogens is 6. The zero-order chi connectivity index (χ0) is 32.5. The van der Waals surface area contributed by atoms with Gasteiger partial charge in [-0.05, 0) is 42.0 Å². The Morgan fingerprint density at radius 3 is 2.18 bits per heavy atom. The van der Waals surface area contributed by atoms with Crippen molar-refractivity contribution >= 4 is 17.5 Å². The van der Waals surface area contributed by atoms with Gasteiger partial charge in [-0.25, -0.2) is 14.6 Å². The average molecular weight is 629 g/mol. The molecule has 1 unspecified atom stereocenters. The molecule has 0 bridgehead atoms. The van der Waals surface area contributed by atoms with E-state index in [1.165, 1.54) is 5.56 Å². The number of alkyl halides is 6. The number of benzene rings is 1. The molecule has 236 valence electrons. The lowest BCUT2D eigenvalue weighted by Crippen LogP contribution is -2.38. The van der Waals surface area contributed by atoms with E-state index in [0.717, 1.165) is 47.9 Å². The molecule has 1 aliphatic heterocycles. The lowest BCUT2D eigenvalue weighted by Gasteiger charge is -2.32. The van der Waals surface area contributed by atoms with Crippen molar-refractivity contribution < 1.29 is 55.6 Å². The van der Waals surface area contributed by atoms with Crippen LogP contribution >= 0.6 is 0 Å². The van der Waals surface area contributed by atoms with E-state index in [4.69, 9.17) is 34.3 Å². The van der Waals surface area contributed by atoms with Crippen molar-refractivity contribution in [3.63, 3.8) is 0 Å². The maximum Gasteiger partial charge on any atom is 0.490 e. The first-order chi connectivity index (χ1) is 20.7. The van der Waals surface area contributed by atoms with Crippen LogP contribution in [0, 0.1) is 0 Å². The number of hydrogen-bond acceptors (Lipinski definition) is 7. The zero-order valence-electron chi connectivity index (χ0n) is 22.9. The van der Waals surface area contributed by atoms with Crippen LogP contribution in [0.1, 0.15) is 17.4 Å². The van der Waals surface area contributed by atoms with Gasteiger partial charge < -0.3 is 19.7 Å². The number of aliphatic carboxylic acids is 2. The number of nitrogens with zero attached hydrogens (tertiary/aromatic N) is 4. The van der Waals surface area contributed by atoms with Crippen LogP contribution in [0.3, 0.4) is 0 Å². The molecule has 4 aromatic rings. The van der Waals surface area contributed by atoms with Crippen molar-refractivity contribution in [3.05, 3.63) is 84.6 Å². The minimum atomic E-state index is -5.08. The van der Waals surface area contributed by atoms with Gasteiger partial charge in [-0.2, -0.15) is 26.3 Å². The van der Waals surface area contributed by atoms with Crippen molar-refractivity contribution in [2.45, 2.75) is 25.0 Å². The lowest BCUT2D eigenvalue weighted by atomic mass is 10.1. The van der Waals surface area contributed by atoms with E-state index < -0.39 is 24.3 Å². The van der Waals surface area contributed by atoms with E-state index in [1.807, 2.05) is 36.9 Å². The summed E-state index contributed by atoms with van der Waals surface area (Å²) in [6.45, 7) is 3.33. The monoisotopic (exact) mass is 628 g/mol. The van der Waals surface area contributed by atoms with Crippen molar-refractivity contribution in [2.75, 3.05) is 26.8 Å². The molecule has 0 saturated carbocycles. The van der Waals surface area contributed by atoms with Gasteiger partial charge in [-0.1, -0.05) is 18.2 Å². The van der Waals surface area contributed by atoms with Gasteiger partial charge in [-0.3, -0.25) is 14.3 Å². The number of hydrogen-bond donors (Lipinski definition) is 2. The molecule has 0 amide bonds. The average Bonchev–Trinajstić information content (AvgIpc) is 3.42. The molecule has 5 rings (SSSR count). The van der Waals surface area contributed by atoms with Gasteiger partial charge >= 0.3 is 24.3 Å². The highest BCUT2D eigenvalue weighted by Crippen LogP contribution is 2.30. The van der Waals surface area contributed by atoms with Crippen LogP contribution in [-0.2, 0) is 20.9 Å². The summed E-state index contributed by atoms with van der Waals surface area (Å²) in [4.78, 5) is 29.1. The predicted molar refractivity (Wildman–Crippen MR) is 143 cm³/mol. The molecule has 1 atom stereocenters. The van der Waals surface area contributed by atoms with Crippen LogP contribution in [0.25, 0.3) is 16.8 Å². The highest BCUT2D eigenvalue weighted by molar-refractivity contribution is 5.73. The first-order valence-electron chi connectivity index (χ1n) is 12.6. The highest BCUT2D eigenvalue weighted by atomic mass is 19.4. The van der Waals surface area contributed by atoms with E-state index in [1.54, 1.807) is 7.11 Å². The van der Waals surface area contributed by atoms with Gasteiger partial charge in [0.15, 0.2) is 0 Å². The summed E-state index contributed by atoms with van der Waals surface area (Å²) < 4.78 is 77.1. The quantitative estimate of drug-likeness (QED) is 0.285. The predicted octanol–water partition coefficient (Wildman–Crippen LogP) is 5.25. The number of carboxylic acid groups (broad SMARTS) is 2. The molecule has 44 heavy (non-hydrogen) atoms. The largest absolute Gasteiger partial charge is 0.497 e. The Labute approximate surface area is 246 Å². The van der Waals surface area contributed by atoms with Crippen molar-refractivity contribution in [1.82, 2.24) is 19.3 Å². The second-order valence-electron chi connectivity index (χ2n) is 9.08. The van der Waals surface area contributed by atoms with Crippen LogP contribution in [0.5, 0.6) is 5.75 Å². The van der Waals surface area contributed by atoms with Gasteiger partial charge in [0.25, 0.3) is 0 Å². The Hall–Kier alpha value is -4.70. The summed E-state index contributed by atoms with van der Waals surface area (Å²) in [5.41, 5.74) is 5.49. The number of carboxylic acids is 2. The third kappa shape index (κ3) is 9.40. The number of aromatic nitrogens is 3. The molecule has 1 aliphatic rings. The van der Waals surface area contributed by atoms with Crippen molar-refractivity contribution in [3.8, 4) is 17.0 Å². The maximum absolute atomic E-state index is 10.6. The number of morpholine rings is 1. The fraction of sp³-hybridized carbons (Fsp3) is 0.286. The number of imidazole rings is 1. The summed E-state index contributed by atoms with van der Waals surface area (Å²) in [6, 6.07) is 18.5. The lowest BCUT2D eigenvalue weighted by molar-refractivity contribution is -0.193. The maximum atomic E-state index is 10.6. The molecule has 0 spiro atoms. The first-order valence-corrected chi connectivity index (χ1v) is 12.6. The van der Waals surface area contributed by atoms with Crippen LogP contribution in [-0.4, -0.2) is 80.6 Å². The van der Waals surface area contributed by atoms with Crippen molar-refractivity contribution in [2.24, 2.45) is 0 Å². The fourth-order valence-corrected chi connectivity index (χ4v) is 4.06. The number of rotatable bonds is 5. The topological polar surface area (TPSA) is 126 Å². The Balaban J connectivity index is 0.000000317. The third-order valence-corrected chi connectivity index (χ3v) is 6.06. The molecule has 0 aliphatic carbocycles. The van der Waals surface area contributed by atoms with E-state index in [2.05, 4.69) is 50.7 Å². The van der Waals surface area contributed by atoms with Crippen LogP contribution in [0.15, 0.2) is 73.3 Å². The molecular formula is C28H26F6N4O6. The molecule has 4 heterocycles. The van der Waals surface area contributed by atoms with Gasteiger partial charge in [-0.15, -0.1) is 0 Å². The zero-order valence-corrected chi connectivity index (χ0v) is 22.9. The van der Waals surface area contributed by atoms with Gasteiger partial charge in [0.1, 0.15) is 18.2 Å². The third-order valence-electron chi connectivity index (χ3n) is 6.06. The molecule has 16 heteroatoms. The number of ether oxygens (including phenoxy) is 2. The Morgan fingerprint density at radius 2 is 1.59 bits per heavy atom. The summed E-state index contributed by atoms with van der Waals surface area (Å²) in [7, 11) is 1.69. The Kier molecular flexibility index (Phi) is 11.3. The van der Waals surface area contributed by atoms with Gasteiger partial charge in [0, 0.05) is 37.6 Å². The minimum Gasteiger partial charge on any atom is -0.497 e. The van der Waals surface area contributed by atoms with E-state index in [0.29, 0.717) is 6.61 Å². The number of fused-ring (bicyclic) bond motifs is 1. The second-order valence-corrected chi connectivity index (χ2v) is 9.08. The summed E-state index contributed by atoms with van der Waals surface area (Å²) in [5, 5.41) is 14.2. The number of methoxy groups -OCH3 is 1. The van der Waals surface area contributed by atoms with Gasteiger partial charge in [0.2, 0.25) is 0 Å². The summed E-state index contributed by atoms with van der Waals surface area (Å²) >= 11 is 0. The Bertz CT molecular complexity index is 1520. The molecule has 1 saturated heterocycles. The Morgan fingerprint density at radius 1 is 0.977 bits per heavy atom. The fourth-order valence-electron chi connectivity index (χ4n) is 4.06. The van der Waals surface area contributed by atoms with Crippen LogP contribution in [0.4, 0.5) is 26.3 Å². The molecule has 1 aromatic carbocycles. The molecule has 2 N–H and O–H groups in total. The van der Waals surface area contributed by atoms with E-state index >= 15 is 0 Å². The smallest absolute Gasteiger partial charge is 0.490 e. The molecule has 3 aromatic heterocycles. The summed E-state index contributed by atoms with van der Waals surface area (Å²) in [6.07, 6.45) is -4.64. The minimum absolute atomic E-state index is 0.0499. The molecule has 10 nitrogen and oxygen atoms in total. The standard InChI is InChI=1S/C24H24N4O2.2C2HF3O2/c1-29-20-5-2-4-19(14-20)21-6-3-7-22-24(26-17-28(21)22)23-16-27(12-13-30-23)15-18-8-10-25-11-9-18;2*3-2(4,5)1(6)7/h2-11,14,17,23H,12-13,15-16H2,1H3;2*(H,6,7). The second kappa shape index (κ2) is 14.7. The molecular weight excluding hydrogens is 602 g/mol. The summed E-state index contributed by atoms with van der Waals surface area (Å²) in [5.74, 6) is -4.67. The van der Waals surface area contributed by atoms with Crippen LogP contribution in [0.2, 0.25) is 0 Å². The molecule has 0 radical (unpaired) electrons. The SMILES string of the molecule is COc1cccc(-c2cccc3c(C4CN(Cc5ccncc5)CCO4)ncn23)c1.O=C(O)C(F)(F)F.O=C(O)C(F)(F)F. The van der Waals surface area contributed by atoms with E-state index in [-0.39, 0.29) is 6.10 Å². The number of pyridine rings is 2. The van der Waals surface area contributed by atoms with Crippen molar-refractivity contribution in [1.29, 1.82) is 0 Å². The van der Waals surface area contributed by atoms with Gasteiger partial charge in [0.05, 0.1) is 30.6 Å². The molecule has 1 fully saturated rings. The number of carbonyl (C=O) groups is 2. The van der Waals surface area contributed by atoms with Crippen LogP contribution < -0.4 is 4.74 Å². The highest BCUT2D eigenvalue weighted by Gasteiger charge is 2.38.